The number of amides is 1. The molecule has 9 nitrogen and oxygen atoms in total. The molecule has 3 atom stereocenters. The van der Waals surface area contributed by atoms with E-state index in [1.54, 1.807) is 0 Å². The lowest BCUT2D eigenvalue weighted by Crippen LogP contribution is -2.27. The van der Waals surface area contributed by atoms with Gasteiger partial charge in [0.15, 0.2) is 17.3 Å². The molecule has 38 heavy (non-hydrogen) atoms. The van der Waals surface area contributed by atoms with E-state index in [-0.39, 0.29) is 34.6 Å². The molecular formula is C26H20F3N5O4. The Morgan fingerprint density at radius 1 is 1.29 bits per heavy atom. The monoisotopic (exact) mass is 523 g/mol. The third-order valence-electron chi connectivity index (χ3n) is 6.87. The van der Waals surface area contributed by atoms with E-state index in [0.717, 1.165) is 11.8 Å². The predicted octanol–water partition coefficient (Wildman–Crippen LogP) is 3.34. The maximum absolute atomic E-state index is 16.0. The zero-order chi connectivity index (χ0) is 26.7. The van der Waals surface area contributed by atoms with Gasteiger partial charge in [-0.25, -0.2) is 19.3 Å². The SMILES string of the molecule is CC(O)C(=O)Cc1nccc(-c2c(F)c(OC(F)F)cc3c2[C@H]2C[C@@H](NC3=O)c3nc4ccccn4c32)n1. The number of halogens is 3. The zero-order valence-corrected chi connectivity index (χ0v) is 19.9. The number of rotatable bonds is 6. The average Bonchev–Trinajstić information content (AvgIpc) is 3.38. The zero-order valence-electron chi connectivity index (χ0n) is 19.9. The fraction of sp³-hybridized carbons (Fsp3) is 0.269. The Balaban J connectivity index is 1.61. The first kappa shape index (κ1) is 24.0. The van der Waals surface area contributed by atoms with Gasteiger partial charge >= 0.3 is 6.61 Å². The number of ether oxygens (including phenoxy) is 1. The molecule has 4 heterocycles. The number of carbonyl (C=O) groups excluding carboxylic acids is 2. The van der Waals surface area contributed by atoms with Crippen molar-refractivity contribution in [3.8, 4) is 17.0 Å². The molecule has 2 N–H and O–H groups in total. The summed E-state index contributed by atoms with van der Waals surface area (Å²) in [6, 6.07) is 7.33. The predicted molar refractivity (Wildman–Crippen MR) is 126 cm³/mol. The van der Waals surface area contributed by atoms with Crippen molar-refractivity contribution in [2.45, 2.75) is 44.4 Å². The first-order chi connectivity index (χ1) is 18.2. The van der Waals surface area contributed by atoms with Crippen molar-refractivity contribution in [2.75, 3.05) is 0 Å². The highest BCUT2D eigenvalue weighted by molar-refractivity contribution is 6.00. The van der Waals surface area contributed by atoms with Gasteiger partial charge in [-0.15, -0.1) is 0 Å². The summed E-state index contributed by atoms with van der Waals surface area (Å²) in [6.07, 6.45) is 1.90. The minimum absolute atomic E-state index is 0.000375. The molecule has 0 saturated heterocycles. The Morgan fingerprint density at radius 2 is 2.11 bits per heavy atom. The van der Waals surface area contributed by atoms with Crippen molar-refractivity contribution in [2.24, 2.45) is 0 Å². The summed E-state index contributed by atoms with van der Waals surface area (Å²) in [6.45, 7) is -2.03. The molecule has 1 aromatic carbocycles. The number of carbonyl (C=O) groups is 2. The summed E-state index contributed by atoms with van der Waals surface area (Å²) in [4.78, 5) is 38.4. The summed E-state index contributed by atoms with van der Waals surface area (Å²) in [5.74, 6) is -3.60. The maximum Gasteiger partial charge on any atom is 0.387 e. The molecule has 1 amide bonds. The van der Waals surface area contributed by atoms with Crippen molar-refractivity contribution in [1.29, 1.82) is 0 Å². The van der Waals surface area contributed by atoms with Gasteiger partial charge in [0.1, 0.15) is 17.6 Å². The van der Waals surface area contributed by atoms with Crippen LogP contribution >= 0.6 is 0 Å². The normalized spacial score (nSPS) is 18.6. The first-order valence-electron chi connectivity index (χ1n) is 11.8. The number of benzene rings is 1. The van der Waals surface area contributed by atoms with E-state index >= 15 is 4.39 Å². The van der Waals surface area contributed by atoms with Crippen LogP contribution in [0.25, 0.3) is 16.9 Å². The van der Waals surface area contributed by atoms with Gasteiger partial charge in [0.2, 0.25) is 0 Å². The van der Waals surface area contributed by atoms with E-state index in [2.05, 4.69) is 25.0 Å². The van der Waals surface area contributed by atoms with Crippen molar-refractivity contribution in [1.82, 2.24) is 24.7 Å². The second kappa shape index (κ2) is 8.91. The molecule has 6 rings (SSSR count). The number of aliphatic hydroxyl groups excluding tert-OH is 1. The van der Waals surface area contributed by atoms with Crippen LogP contribution in [-0.2, 0) is 11.2 Å². The first-order valence-corrected chi connectivity index (χ1v) is 11.8. The highest BCUT2D eigenvalue weighted by Gasteiger charge is 2.44. The van der Waals surface area contributed by atoms with Gasteiger partial charge in [-0.2, -0.15) is 8.78 Å². The van der Waals surface area contributed by atoms with E-state index < -0.39 is 47.9 Å². The number of pyridine rings is 1. The molecule has 2 bridgehead atoms. The Labute approximate surface area is 213 Å². The van der Waals surface area contributed by atoms with E-state index in [9.17, 15) is 23.5 Å². The van der Waals surface area contributed by atoms with E-state index in [4.69, 9.17) is 0 Å². The standard InChI is InChI=1S/C26H20F3N5O4/c1-11(35)16(36)10-18-30-6-5-14(31-18)21-20-12-8-15(23-24(12)34-7-3-2-4-19(34)33-23)32-25(37)13(20)9-17(22(21)27)38-26(28)29/h2-7,9,11-12,15,26,35H,8,10H2,1H3,(H,32,37)/t11?,12-,15-/m1/s1. The number of nitrogens with one attached hydrogen (secondary N) is 1. The third kappa shape index (κ3) is 3.79. The number of Topliss-reactive ketones (excluding diaryl/α,β-unsaturated/α-hetero) is 1. The molecule has 2 aliphatic rings. The number of hydrogen-bond acceptors (Lipinski definition) is 7. The number of imidazole rings is 1. The molecule has 0 spiro atoms. The van der Waals surface area contributed by atoms with Crippen LogP contribution in [0.15, 0.2) is 42.7 Å². The van der Waals surface area contributed by atoms with Crippen LogP contribution in [0.4, 0.5) is 13.2 Å². The van der Waals surface area contributed by atoms with E-state index in [1.807, 2.05) is 28.8 Å². The molecule has 12 heteroatoms. The Morgan fingerprint density at radius 3 is 2.87 bits per heavy atom. The number of hydrogen-bond donors (Lipinski definition) is 2. The van der Waals surface area contributed by atoms with Crippen LogP contribution in [0.2, 0.25) is 0 Å². The Bertz CT molecular complexity index is 1620. The smallest absolute Gasteiger partial charge is 0.387 e. The van der Waals surface area contributed by atoms with Crippen molar-refractivity contribution >= 4 is 17.3 Å². The van der Waals surface area contributed by atoms with Gasteiger partial charge in [0, 0.05) is 29.4 Å². The van der Waals surface area contributed by atoms with Crippen LogP contribution in [0.5, 0.6) is 5.75 Å². The highest BCUT2D eigenvalue weighted by atomic mass is 19.3. The number of ketones is 1. The molecular weight excluding hydrogens is 503 g/mol. The van der Waals surface area contributed by atoms with Gasteiger partial charge in [0.25, 0.3) is 5.91 Å². The third-order valence-corrected chi connectivity index (χ3v) is 6.87. The van der Waals surface area contributed by atoms with Gasteiger partial charge in [-0.3, -0.25) is 9.59 Å². The number of nitrogens with zero attached hydrogens (tertiary/aromatic N) is 4. The van der Waals surface area contributed by atoms with Crippen LogP contribution < -0.4 is 10.1 Å². The summed E-state index contributed by atoms with van der Waals surface area (Å²) in [5, 5.41) is 12.5. The molecule has 1 aliphatic heterocycles. The fourth-order valence-electron chi connectivity index (χ4n) is 5.27. The quantitative estimate of drug-likeness (QED) is 0.398. The minimum Gasteiger partial charge on any atom is -0.432 e. The molecule has 0 radical (unpaired) electrons. The number of aliphatic hydroxyl groups is 1. The van der Waals surface area contributed by atoms with Crippen molar-refractivity contribution in [3.05, 3.63) is 76.9 Å². The van der Waals surface area contributed by atoms with Gasteiger partial charge in [-0.1, -0.05) is 6.07 Å². The minimum atomic E-state index is -3.34. The molecule has 0 fully saturated rings. The van der Waals surface area contributed by atoms with Crippen molar-refractivity contribution < 1.29 is 32.6 Å². The van der Waals surface area contributed by atoms with E-state index in [0.29, 0.717) is 17.8 Å². The molecule has 4 aromatic rings. The van der Waals surface area contributed by atoms with Crippen LogP contribution in [0, 0.1) is 5.82 Å². The highest BCUT2D eigenvalue weighted by Crippen LogP contribution is 2.51. The average molecular weight is 523 g/mol. The largest absolute Gasteiger partial charge is 0.432 e. The number of aromatic nitrogens is 4. The molecule has 194 valence electrons. The van der Waals surface area contributed by atoms with Crippen LogP contribution in [0.1, 0.15) is 58.4 Å². The molecule has 1 aliphatic carbocycles. The Kier molecular flexibility index (Phi) is 5.64. The number of alkyl halides is 2. The van der Waals surface area contributed by atoms with Crippen LogP contribution in [0.3, 0.4) is 0 Å². The van der Waals surface area contributed by atoms with Gasteiger partial charge < -0.3 is 19.6 Å². The van der Waals surface area contributed by atoms with Gasteiger partial charge in [0.05, 0.1) is 29.5 Å². The molecule has 0 saturated carbocycles. The lowest BCUT2D eigenvalue weighted by molar-refractivity contribution is -0.125. The second-order valence-corrected chi connectivity index (χ2v) is 9.21. The lowest BCUT2D eigenvalue weighted by Gasteiger charge is -2.22. The van der Waals surface area contributed by atoms with Crippen LogP contribution in [-0.4, -0.2) is 48.9 Å². The lowest BCUT2D eigenvalue weighted by atomic mass is 9.86. The maximum atomic E-state index is 16.0. The molecule has 3 aromatic heterocycles. The summed E-state index contributed by atoms with van der Waals surface area (Å²) < 4.78 is 48.8. The summed E-state index contributed by atoms with van der Waals surface area (Å²) in [5.41, 5.74) is 2.03. The van der Waals surface area contributed by atoms with Gasteiger partial charge in [-0.05, 0) is 43.2 Å². The second-order valence-electron chi connectivity index (χ2n) is 9.21. The summed E-state index contributed by atoms with van der Waals surface area (Å²) in [7, 11) is 0. The number of fused-ring (bicyclic) bond motifs is 9. The molecule has 1 unspecified atom stereocenters. The van der Waals surface area contributed by atoms with E-state index in [1.165, 1.54) is 19.2 Å². The summed E-state index contributed by atoms with van der Waals surface area (Å²) >= 11 is 0. The van der Waals surface area contributed by atoms with Crippen molar-refractivity contribution in [3.63, 3.8) is 0 Å². The fourth-order valence-corrected chi connectivity index (χ4v) is 5.27. The Hall–Kier alpha value is -4.32. The topological polar surface area (TPSA) is 119 Å².